The predicted molar refractivity (Wildman–Crippen MR) is 122 cm³/mol. The molecule has 0 aliphatic carbocycles. The van der Waals surface area contributed by atoms with E-state index in [1.54, 1.807) is 37.6 Å². The molecular weight excluding hydrogens is 493 g/mol. The van der Waals surface area contributed by atoms with Gasteiger partial charge >= 0.3 is 0 Å². The third kappa shape index (κ3) is 7.43. The zero-order valence-electron chi connectivity index (χ0n) is 16.0. The van der Waals surface area contributed by atoms with E-state index in [1.165, 1.54) is 17.0 Å². The Labute approximate surface area is 185 Å². The summed E-state index contributed by atoms with van der Waals surface area (Å²) < 4.78 is 0. The van der Waals surface area contributed by atoms with Crippen LogP contribution in [0.1, 0.15) is 11.1 Å². The van der Waals surface area contributed by atoms with Crippen molar-refractivity contribution in [2.75, 3.05) is 27.7 Å². The van der Waals surface area contributed by atoms with Crippen molar-refractivity contribution < 1.29 is 9.72 Å². The number of non-ortho nitro benzene ring substituents is 1. The van der Waals surface area contributed by atoms with E-state index in [9.17, 15) is 14.9 Å². The summed E-state index contributed by atoms with van der Waals surface area (Å²) in [6.45, 7) is 1.15. The molecule has 1 aromatic heterocycles. The number of amides is 1. The Morgan fingerprint density at radius 2 is 1.86 bits per heavy atom. The number of carbonyl (C=O) groups is 1. The van der Waals surface area contributed by atoms with E-state index < -0.39 is 4.92 Å². The van der Waals surface area contributed by atoms with Gasteiger partial charge in [0.15, 0.2) is 5.96 Å². The fourth-order valence-corrected chi connectivity index (χ4v) is 2.90. The Balaban J connectivity index is 0.00000392. The van der Waals surface area contributed by atoms with Gasteiger partial charge in [0.2, 0.25) is 5.91 Å². The first kappa shape index (κ1) is 23.8. The van der Waals surface area contributed by atoms with Crippen LogP contribution in [0.3, 0.4) is 0 Å². The molecule has 0 atom stereocenters. The molecular formula is C18H24IN5O3S. The van der Waals surface area contributed by atoms with Crippen LogP contribution in [0, 0.1) is 10.1 Å². The Morgan fingerprint density at radius 1 is 1.18 bits per heavy atom. The SMILES string of the molecule is CN(C)C(=O)CNC(=NCc1ccc([N+](=O)[O-])cc1)N(C)Cc1ccsc1.I. The van der Waals surface area contributed by atoms with Crippen molar-refractivity contribution in [2.24, 2.45) is 4.99 Å². The van der Waals surface area contributed by atoms with E-state index in [-0.39, 0.29) is 42.1 Å². The lowest BCUT2D eigenvalue weighted by atomic mass is 10.2. The van der Waals surface area contributed by atoms with Crippen LogP contribution in [0.4, 0.5) is 5.69 Å². The van der Waals surface area contributed by atoms with Gasteiger partial charge < -0.3 is 15.1 Å². The molecule has 8 nitrogen and oxygen atoms in total. The molecule has 0 saturated carbocycles. The Kier molecular flexibility index (Phi) is 9.87. The van der Waals surface area contributed by atoms with E-state index >= 15 is 0 Å². The highest BCUT2D eigenvalue weighted by Crippen LogP contribution is 2.13. The zero-order valence-corrected chi connectivity index (χ0v) is 19.1. The highest BCUT2D eigenvalue weighted by Gasteiger charge is 2.11. The van der Waals surface area contributed by atoms with Crippen molar-refractivity contribution in [3.05, 3.63) is 62.3 Å². The topological polar surface area (TPSA) is 91.1 Å². The molecule has 28 heavy (non-hydrogen) atoms. The minimum absolute atomic E-state index is 0. The highest BCUT2D eigenvalue weighted by molar-refractivity contribution is 14.0. The molecule has 1 N–H and O–H groups in total. The summed E-state index contributed by atoms with van der Waals surface area (Å²) in [7, 11) is 5.30. The van der Waals surface area contributed by atoms with E-state index in [4.69, 9.17) is 0 Å². The number of hydrogen-bond donors (Lipinski definition) is 1. The van der Waals surface area contributed by atoms with Gasteiger partial charge in [-0.05, 0) is 28.0 Å². The molecule has 0 fully saturated rings. The number of nitrogens with zero attached hydrogens (tertiary/aromatic N) is 4. The summed E-state index contributed by atoms with van der Waals surface area (Å²) in [5.74, 6) is 0.539. The maximum atomic E-state index is 11.9. The van der Waals surface area contributed by atoms with Gasteiger partial charge in [0.1, 0.15) is 0 Å². The van der Waals surface area contributed by atoms with Gasteiger partial charge in [-0.1, -0.05) is 12.1 Å². The number of thiophene rings is 1. The number of aliphatic imine (C=N–C) groups is 1. The number of likely N-dealkylation sites (N-methyl/N-ethyl adjacent to an activating group) is 1. The van der Waals surface area contributed by atoms with Crippen LogP contribution in [0.25, 0.3) is 0 Å². The predicted octanol–water partition coefficient (Wildman–Crippen LogP) is 2.94. The number of nitro groups is 1. The lowest BCUT2D eigenvalue weighted by molar-refractivity contribution is -0.384. The van der Waals surface area contributed by atoms with E-state index in [2.05, 4.69) is 15.7 Å². The molecule has 0 aliphatic rings. The standard InChI is InChI=1S/C18H23N5O3S.HI/c1-21(2)17(24)11-20-18(22(3)12-15-8-9-27-13-15)19-10-14-4-6-16(7-5-14)23(25)26;/h4-9,13H,10-12H2,1-3H3,(H,19,20);1H. The zero-order chi connectivity index (χ0) is 19.8. The Bertz CT molecular complexity index is 794. The lowest BCUT2D eigenvalue weighted by Gasteiger charge is -2.22. The minimum Gasteiger partial charge on any atom is -0.347 e. The number of nitrogens with one attached hydrogen (secondary N) is 1. The maximum absolute atomic E-state index is 11.9. The largest absolute Gasteiger partial charge is 0.347 e. The summed E-state index contributed by atoms with van der Waals surface area (Å²) in [6, 6.07) is 8.33. The molecule has 10 heteroatoms. The highest BCUT2D eigenvalue weighted by atomic mass is 127. The van der Waals surface area contributed by atoms with Gasteiger partial charge in [-0.25, -0.2) is 4.99 Å². The van der Waals surface area contributed by atoms with Gasteiger partial charge in [-0.15, -0.1) is 24.0 Å². The number of rotatable bonds is 7. The van der Waals surface area contributed by atoms with Crippen LogP contribution in [0.2, 0.25) is 0 Å². The first-order chi connectivity index (χ1) is 12.9. The molecule has 0 bridgehead atoms. The molecule has 0 spiro atoms. The van der Waals surface area contributed by atoms with Crippen LogP contribution >= 0.6 is 35.3 Å². The molecule has 1 aromatic carbocycles. The summed E-state index contributed by atoms with van der Waals surface area (Å²) in [5, 5.41) is 17.9. The number of guanidine groups is 1. The fourth-order valence-electron chi connectivity index (χ4n) is 2.24. The molecule has 0 unspecified atom stereocenters. The maximum Gasteiger partial charge on any atom is 0.269 e. The molecule has 1 heterocycles. The number of halogens is 1. The average molecular weight is 517 g/mol. The van der Waals surface area contributed by atoms with Crippen molar-refractivity contribution in [3.63, 3.8) is 0 Å². The van der Waals surface area contributed by atoms with Crippen molar-refractivity contribution in [1.82, 2.24) is 15.1 Å². The third-order valence-electron chi connectivity index (χ3n) is 3.82. The number of hydrogen-bond acceptors (Lipinski definition) is 5. The smallest absolute Gasteiger partial charge is 0.269 e. The first-order valence-electron chi connectivity index (χ1n) is 8.31. The molecule has 2 rings (SSSR count). The van der Waals surface area contributed by atoms with Crippen molar-refractivity contribution in [3.8, 4) is 0 Å². The average Bonchev–Trinajstić information content (AvgIpc) is 3.14. The summed E-state index contributed by atoms with van der Waals surface area (Å²) in [5.41, 5.74) is 2.06. The second kappa shape index (κ2) is 11.6. The number of benzene rings is 1. The van der Waals surface area contributed by atoms with Crippen molar-refractivity contribution in [1.29, 1.82) is 0 Å². The molecule has 0 aliphatic heterocycles. The van der Waals surface area contributed by atoms with Crippen LogP contribution < -0.4 is 5.32 Å². The van der Waals surface area contributed by atoms with Crippen LogP contribution in [-0.4, -0.2) is 54.3 Å². The molecule has 0 saturated heterocycles. The molecule has 1 amide bonds. The van der Waals surface area contributed by atoms with Gasteiger partial charge in [0, 0.05) is 39.8 Å². The second-order valence-corrected chi connectivity index (χ2v) is 6.97. The van der Waals surface area contributed by atoms with Gasteiger partial charge in [-0.3, -0.25) is 14.9 Å². The van der Waals surface area contributed by atoms with Crippen molar-refractivity contribution in [2.45, 2.75) is 13.1 Å². The quantitative estimate of drug-likeness (QED) is 0.201. The second-order valence-electron chi connectivity index (χ2n) is 6.19. The first-order valence-corrected chi connectivity index (χ1v) is 9.25. The van der Waals surface area contributed by atoms with Gasteiger partial charge in [-0.2, -0.15) is 11.3 Å². The van der Waals surface area contributed by atoms with Gasteiger partial charge in [0.25, 0.3) is 5.69 Å². The monoisotopic (exact) mass is 517 g/mol. The van der Waals surface area contributed by atoms with E-state index in [0.717, 1.165) is 11.1 Å². The van der Waals surface area contributed by atoms with Crippen LogP contribution in [0.15, 0.2) is 46.1 Å². The summed E-state index contributed by atoms with van der Waals surface area (Å²) >= 11 is 1.63. The van der Waals surface area contributed by atoms with Crippen LogP contribution in [-0.2, 0) is 17.9 Å². The number of carbonyl (C=O) groups excluding carboxylic acids is 1. The molecule has 2 aromatic rings. The van der Waals surface area contributed by atoms with Crippen molar-refractivity contribution >= 4 is 52.9 Å². The Morgan fingerprint density at radius 3 is 2.39 bits per heavy atom. The minimum atomic E-state index is -0.429. The normalized spacial score (nSPS) is 10.8. The van der Waals surface area contributed by atoms with E-state index in [0.29, 0.717) is 19.0 Å². The number of nitro benzene ring substituents is 1. The summed E-state index contributed by atoms with van der Waals surface area (Å²) in [4.78, 5) is 30.2. The third-order valence-corrected chi connectivity index (χ3v) is 4.55. The lowest BCUT2D eigenvalue weighted by Crippen LogP contribution is -2.43. The fraction of sp³-hybridized carbons (Fsp3) is 0.333. The molecule has 152 valence electrons. The summed E-state index contributed by atoms with van der Waals surface area (Å²) in [6.07, 6.45) is 0. The molecule has 0 radical (unpaired) electrons. The Hall–Kier alpha value is -2.21. The van der Waals surface area contributed by atoms with Gasteiger partial charge in [0.05, 0.1) is 18.0 Å². The van der Waals surface area contributed by atoms with E-state index in [1.807, 2.05) is 23.4 Å². The van der Waals surface area contributed by atoms with Crippen LogP contribution in [0.5, 0.6) is 0 Å².